The Morgan fingerprint density at radius 3 is 1.94 bits per heavy atom. The second-order valence-corrected chi connectivity index (χ2v) is 13.6. The number of amides is 1. The van der Waals surface area contributed by atoms with Crippen molar-refractivity contribution in [2.45, 2.75) is 173 Å². The molecule has 1 aromatic carbocycles. The van der Waals surface area contributed by atoms with Crippen LogP contribution >= 0.6 is 0 Å². The van der Waals surface area contributed by atoms with Gasteiger partial charge in [-0.1, -0.05) is 110 Å². The molecule has 8 atom stereocenters. The van der Waals surface area contributed by atoms with Crippen LogP contribution in [0.2, 0.25) is 0 Å². The number of hydrogen-bond donors (Lipinski definition) is 3. The molecule has 0 aliphatic carbocycles. The second kappa shape index (κ2) is 27.9. The van der Waals surface area contributed by atoms with Gasteiger partial charge >= 0.3 is 0 Å². The average molecular weight is 710 g/mol. The number of ether oxygens (including phenoxy) is 6. The average Bonchev–Trinajstić information content (AvgIpc) is 3.12. The van der Waals surface area contributed by atoms with Crippen LogP contribution in [0.25, 0.3) is 0 Å². The van der Waals surface area contributed by atoms with Crippen LogP contribution in [0, 0.1) is 0 Å². The van der Waals surface area contributed by atoms with Crippen molar-refractivity contribution in [2.24, 2.45) is 0 Å². The smallest absolute Gasteiger partial charge is 0.220 e. The molecule has 1 heterocycles. The highest BCUT2D eigenvalue weighted by atomic mass is 16.7. The van der Waals surface area contributed by atoms with Crippen LogP contribution in [0.1, 0.15) is 124 Å². The van der Waals surface area contributed by atoms with Gasteiger partial charge in [0.15, 0.2) is 6.29 Å². The minimum Gasteiger partial charge on any atom is -0.390 e. The molecule has 0 spiro atoms. The number of unbranched alkanes of at least 4 members (excludes halogenated alkanes) is 6. The van der Waals surface area contributed by atoms with Crippen molar-refractivity contribution in [2.75, 3.05) is 39.6 Å². The molecule has 50 heavy (non-hydrogen) atoms. The lowest BCUT2D eigenvalue weighted by atomic mass is 9.97. The summed E-state index contributed by atoms with van der Waals surface area (Å²) in [6.45, 7) is 13.0. The summed E-state index contributed by atoms with van der Waals surface area (Å²) in [7, 11) is 0. The SMILES string of the molecule is CCCCC[C@@H](O)[C@@H](O)[C@H](COC1OC(COCCCC)C(OCCCC)C(OCCCC)C1OCCCC)NC(=O)CCc1ccccc1. The Labute approximate surface area is 303 Å². The molecule has 0 bridgehead atoms. The van der Waals surface area contributed by atoms with E-state index in [0.29, 0.717) is 45.9 Å². The Morgan fingerprint density at radius 2 is 1.32 bits per heavy atom. The van der Waals surface area contributed by atoms with E-state index in [9.17, 15) is 15.0 Å². The van der Waals surface area contributed by atoms with Crippen molar-refractivity contribution in [3.63, 3.8) is 0 Å². The van der Waals surface area contributed by atoms with E-state index in [-0.39, 0.29) is 18.9 Å². The van der Waals surface area contributed by atoms with E-state index in [1.54, 1.807) is 0 Å². The molecule has 10 nitrogen and oxygen atoms in total. The third kappa shape index (κ3) is 17.3. The molecule has 0 aromatic heterocycles. The summed E-state index contributed by atoms with van der Waals surface area (Å²) in [4.78, 5) is 13.2. The standard InChI is InChI=1S/C40H71NO9/c1-6-11-17-22-33(42)36(44)32(41-35(43)24-23-31-20-18-16-19-21-31)29-49-40-39(48-28-15-10-5)38(47-27-14-9-4)37(46-26-13-8-3)34(50-40)30-45-25-12-7-2/h16,18-21,32-34,36-40,42,44H,6-15,17,22-30H2,1-5H3,(H,41,43)/t32-,33+,34?,36-,37?,38?,39?,40?/m0/s1. The van der Waals surface area contributed by atoms with Gasteiger partial charge in [-0.3, -0.25) is 4.79 Å². The van der Waals surface area contributed by atoms with Gasteiger partial charge in [0.25, 0.3) is 0 Å². The lowest BCUT2D eigenvalue weighted by Crippen LogP contribution is -2.63. The van der Waals surface area contributed by atoms with Crippen molar-refractivity contribution >= 4 is 5.91 Å². The van der Waals surface area contributed by atoms with Gasteiger partial charge in [0.05, 0.1) is 25.4 Å². The molecule has 10 heteroatoms. The maximum absolute atomic E-state index is 13.2. The van der Waals surface area contributed by atoms with E-state index in [0.717, 1.165) is 76.2 Å². The Hall–Kier alpha value is -1.63. The Balaban J connectivity index is 2.34. The third-order valence-corrected chi connectivity index (χ3v) is 9.12. The van der Waals surface area contributed by atoms with Crippen LogP contribution in [-0.2, 0) is 39.6 Å². The topological polar surface area (TPSA) is 125 Å². The number of hydrogen-bond acceptors (Lipinski definition) is 9. The van der Waals surface area contributed by atoms with Gasteiger partial charge < -0.3 is 44.0 Å². The predicted molar refractivity (Wildman–Crippen MR) is 197 cm³/mol. The lowest BCUT2D eigenvalue weighted by molar-refractivity contribution is -0.325. The van der Waals surface area contributed by atoms with E-state index in [2.05, 4.69) is 39.9 Å². The normalized spacial score (nSPS) is 22.7. The number of nitrogens with one attached hydrogen (secondary N) is 1. The molecule has 2 rings (SSSR count). The first-order valence-corrected chi connectivity index (χ1v) is 19.8. The molecule has 1 fully saturated rings. The van der Waals surface area contributed by atoms with E-state index < -0.39 is 49.0 Å². The first-order chi connectivity index (χ1) is 24.4. The van der Waals surface area contributed by atoms with Gasteiger partial charge in [-0.2, -0.15) is 0 Å². The largest absolute Gasteiger partial charge is 0.390 e. The molecule has 0 saturated carbocycles. The van der Waals surface area contributed by atoms with Crippen molar-refractivity contribution in [1.29, 1.82) is 0 Å². The molecule has 0 radical (unpaired) electrons. The molecule has 1 aliphatic rings. The van der Waals surface area contributed by atoms with E-state index in [4.69, 9.17) is 28.4 Å². The molecule has 1 aliphatic heterocycles. The van der Waals surface area contributed by atoms with Gasteiger partial charge in [0.1, 0.15) is 30.5 Å². The van der Waals surface area contributed by atoms with Crippen LogP contribution < -0.4 is 5.32 Å². The lowest BCUT2D eigenvalue weighted by Gasteiger charge is -2.46. The van der Waals surface area contributed by atoms with Crippen molar-refractivity contribution in [1.82, 2.24) is 5.32 Å². The van der Waals surface area contributed by atoms with Gasteiger partial charge in [0.2, 0.25) is 5.91 Å². The first kappa shape index (κ1) is 44.5. The highest BCUT2D eigenvalue weighted by Gasteiger charge is 2.49. The fourth-order valence-corrected chi connectivity index (χ4v) is 5.90. The minimum atomic E-state index is -1.23. The maximum Gasteiger partial charge on any atom is 0.220 e. The number of aliphatic hydroxyl groups is 2. The van der Waals surface area contributed by atoms with Crippen LogP contribution in [-0.4, -0.2) is 105 Å². The highest BCUT2D eigenvalue weighted by molar-refractivity contribution is 5.76. The number of aliphatic hydroxyl groups excluding tert-OH is 2. The molecule has 3 N–H and O–H groups in total. The first-order valence-electron chi connectivity index (χ1n) is 19.8. The highest BCUT2D eigenvalue weighted by Crippen LogP contribution is 2.30. The Morgan fingerprint density at radius 1 is 0.740 bits per heavy atom. The number of rotatable bonds is 30. The zero-order valence-electron chi connectivity index (χ0n) is 31.9. The van der Waals surface area contributed by atoms with Crippen LogP contribution in [0.15, 0.2) is 30.3 Å². The van der Waals surface area contributed by atoms with Crippen molar-refractivity contribution in [3.05, 3.63) is 35.9 Å². The number of benzene rings is 1. The van der Waals surface area contributed by atoms with E-state index in [1.807, 2.05) is 30.3 Å². The molecular formula is C40H71NO9. The number of carbonyl (C=O) groups is 1. The Bertz CT molecular complexity index is 954. The number of aryl methyl sites for hydroxylation is 1. The summed E-state index contributed by atoms with van der Waals surface area (Å²) < 4.78 is 38.7. The maximum atomic E-state index is 13.2. The summed E-state index contributed by atoms with van der Waals surface area (Å²) in [6.07, 6.45) is 6.40. The quantitative estimate of drug-likeness (QED) is 0.0766. The molecule has 5 unspecified atom stereocenters. The minimum absolute atomic E-state index is 0.0894. The summed E-state index contributed by atoms with van der Waals surface area (Å²) in [5.41, 5.74) is 1.05. The molecular weight excluding hydrogens is 638 g/mol. The van der Waals surface area contributed by atoms with Crippen LogP contribution in [0.5, 0.6) is 0 Å². The molecule has 1 aromatic rings. The van der Waals surface area contributed by atoms with Crippen LogP contribution in [0.3, 0.4) is 0 Å². The van der Waals surface area contributed by atoms with E-state index in [1.165, 1.54) is 0 Å². The summed E-state index contributed by atoms with van der Waals surface area (Å²) in [6, 6.07) is 8.95. The Kier molecular flexibility index (Phi) is 24.9. The summed E-state index contributed by atoms with van der Waals surface area (Å²) in [5.74, 6) is -0.227. The fourth-order valence-electron chi connectivity index (χ4n) is 5.90. The summed E-state index contributed by atoms with van der Waals surface area (Å²) >= 11 is 0. The predicted octanol–water partition coefficient (Wildman–Crippen LogP) is 6.52. The monoisotopic (exact) mass is 710 g/mol. The molecule has 1 saturated heterocycles. The van der Waals surface area contributed by atoms with Gasteiger partial charge in [-0.15, -0.1) is 0 Å². The third-order valence-electron chi connectivity index (χ3n) is 9.12. The van der Waals surface area contributed by atoms with Gasteiger partial charge in [0, 0.05) is 32.8 Å². The van der Waals surface area contributed by atoms with Gasteiger partial charge in [-0.25, -0.2) is 0 Å². The molecule has 290 valence electrons. The fraction of sp³-hybridized carbons (Fsp3) is 0.825. The zero-order chi connectivity index (χ0) is 36.4. The second-order valence-electron chi connectivity index (χ2n) is 13.6. The van der Waals surface area contributed by atoms with E-state index >= 15 is 0 Å². The number of carbonyl (C=O) groups excluding carboxylic acids is 1. The van der Waals surface area contributed by atoms with Crippen LogP contribution in [0.4, 0.5) is 0 Å². The summed E-state index contributed by atoms with van der Waals surface area (Å²) in [5, 5.41) is 25.3. The van der Waals surface area contributed by atoms with Crippen molar-refractivity contribution in [3.8, 4) is 0 Å². The zero-order valence-corrected chi connectivity index (χ0v) is 31.9. The molecule has 1 amide bonds. The van der Waals surface area contributed by atoms with Gasteiger partial charge in [-0.05, 0) is 44.1 Å². The van der Waals surface area contributed by atoms with Crippen molar-refractivity contribution < 1.29 is 43.4 Å².